The molecule has 0 saturated carbocycles. The fourth-order valence-electron chi connectivity index (χ4n) is 2.97. The van der Waals surface area contributed by atoms with Crippen LogP contribution in [0.15, 0.2) is 42.5 Å². The van der Waals surface area contributed by atoms with Crippen molar-refractivity contribution in [1.29, 1.82) is 5.26 Å². The van der Waals surface area contributed by atoms with Crippen LogP contribution >= 0.6 is 34.8 Å². The van der Waals surface area contributed by atoms with Gasteiger partial charge in [0.05, 0.1) is 28.0 Å². The Balaban J connectivity index is 2.02. The Kier molecular flexibility index (Phi) is 6.79. The summed E-state index contributed by atoms with van der Waals surface area (Å²) in [6, 6.07) is 13.3. The molecular weight excluding hydrogens is 473 g/mol. The van der Waals surface area contributed by atoms with E-state index in [2.05, 4.69) is 15.7 Å². The van der Waals surface area contributed by atoms with E-state index in [9.17, 15) is 14.9 Å². The molecule has 3 rings (SSSR count). The molecule has 0 spiro atoms. The van der Waals surface area contributed by atoms with Gasteiger partial charge in [0.15, 0.2) is 5.15 Å². The Labute approximate surface area is 199 Å². The van der Waals surface area contributed by atoms with Crippen molar-refractivity contribution >= 4 is 52.3 Å². The number of carbonyl (C=O) groups is 2. The number of nitrogens with zero attached hydrogens (tertiary/aromatic N) is 3. The summed E-state index contributed by atoms with van der Waals surface area (Å²) in [7, 11) is 0. The number of hydrogen-bond acceptors (Lipinski definition) is 4. The van der Waals surface area contributed by atoms with E-state index >= 15 is 0 Å². The van der Waals surface area contributed by atoms with Crippen molar-refractivity contribution in [2.24, 2.45) is 0 Å². The number of aromatic nitrogens is 2. The predicted octanol–water partition coefficient (Wildman–Crippen LogP) is 5.43. The third kappa shape index (κ3) is 5.05. The first kappa shape index (κ1) is 23.6. The van der Waals surface area contributed by atoms with Gasteiger partial charge in [-0.05, 0) is 50.6 Å². The van der Waals surface area contributed by atoms with Crippen LogP contribution in [-0.4, -0.2) is 27.1 Å². The number of halogens is 3. The lowest BCUT2D eigenvalue weighted by Gasteiger charge is -2.20. The van der Waals surface area contributed by atoms with Crippen LogP contribution in [0.5, 0.6) is 0 Å². The van der Waals surface area contributed by atoms with Crippen molar-refractivity contribution < 1.29 is 9.59 Å². The highest BCUT2D eigenvalue weighted by molar-refractivity contribution is 6.33. The van der Waals surface area contributed by atoms with Gasteiger partial charge < -0.3 is 10.6 Å². The van der Waals surface area contributed by atoms with E-state index in [1.165, 1.54) is 16.8 Å². The lowest BCUT2D eigenvalue weighted by molar-refractivity contribution is 0.0930. The second-order valence-electron chi connectivity index (χ2n) is 7.51. The van der Waals surface area contributed by atoms with E-state index in [0.717, 1.165) is 0 Å². The van der Waals surface area contributed by atoms with Gasteiger partial charge in [-0.1, -0.05) is 46.9 Å². The molecule has 2 aromatic carbocycles. The second-order valence-corrected chi connectivity index (χ2v) is 8.74. The molecule has 0 fully saturated rings. The van der Waals surface area contributed by atoms with Crippen molar-refractivity contribution in [3.63, 3.8) is 0 Å². The second kappa shape index (κ2) is 9.21. The van der Waals surface area contributed by atoms with Gasteiger partial charge in [0.2, 0.25) is 0 Å². The van der Waals surface area contributed by atoms with Crippen molar-refractivity contribution in [2.45, 2.75) is 26.3 Å². The van der Waals surface area contributed by atoms with Gasteiger partial charge >= 0.3 is 0 Å². The predicted molar refractivity (Wildman–Crippen MR) is 125 cm³/mol. The summed E-state index contributed by atoms with van der Waals surface area (Å²) in [5, 5.41) is 19.5. The Hall–Kier alpha value is -3.05. The lowest BCUT2D eigenvalue weighted by atomic mass is 10.0. The first-order valence-corrected chi connectivity index (χ1v) is 10.5. The zero-order valence-electron chi connectivity index (χ0n) is 17.3. The molecule has 0 aliphatic carbocycles. The maximum atomic E-state index is 13.2. The molecule has 3 aromatic rings. The van der Waals surface area contributed by atoms with Gasteiger partial charge in [0.25, 0.3) is 11.8 Å². The minimum absolute atomic E-state index is 0.0941. The van der Waals surface area contributed by atoms with Crippen molar-refractivity contribution in [3.05, 3.63) is 74.5 Å². The van der Waals surface area contributed by atoms with E-state index in [4.69, 9.17) is 34.8 Å². The van der Waals surface area contributed by atoms with E-state index < -0.39 is 17.4 Å². The molecule has 0 atom stereocenters. The smallest absolute Gasteiger partial charge is 0.274 e. The molecule has 0 aliphatic rings. The maximum Gasteiger partial charge on any atom is 0.274 e. The number of nitrogens with one attached hydrogen (secondary N) is 2. The Bertz CT molecular complexity index is 1260. The van der Waals surface area contributed by atoms with Gasteiger partial charge in [-0.3, -0.25) is 9.59 Å². The molecule has 0 saturated heterocycles. The van der Waals surface area contributed by atoms with Crippen LogP contribution in [0.1, 0.15) is 40.3 Å². The van der Waals surface area contributed by atoms with Crippen molar-refractivity contribution in [3.8, 4) is 11.8 Å². The molecule has 32 heavy (non-hydrogen) atoms. The third-order valence-electron chi connectivity index (χ3n) is 4.48. The largest absolute Gasteiger partial charge is 0.334 e. The SMILES string of the molecule is Cc1cc(Cl)cc(C(=O)NC(C)(C)C#N)c1NC(=O)c1cc(Cl)nn1-c1ccccc1Cl. The maximum absolute atomic E-state index is 13.2. The first-order chi connectivity index (χ1) is 15.0. The van der Waals surface area contributed by atoms with Crippen LogP contribution in [0.2, 0.25) is 15.2 Å². The Morgan fingerprint density at radius 2 is 1.78 bits per heavy atom. The summed E-state index contributed by atoms with van der Waals surface area (Å²) in [6.07, 6.45) is 0. The zero-order valence-corrected chi connectivity index (χ0v) is 19.6. The molecular formula is C22H18Cl3N5O2. The van der Waals surface area contributed by atoms with E-state index in [-0.39, 0.29) is 22.1 Å². The fourth-order valence-corrected chi connectivity index (χ4v) is 3.63. The van der Waals surface area contributed by atoms with Crippen molar-refractivity contribution in [2.75, 3.05) is 5.32 Å². The monoisotopic (exact) mass is 489 g/mol. The number of nitriles is 1. The topological polar surface area (TPSA) is 99.8 Å². The summed E-state index contributed by atoms with van der Waals surface area (Å²) >= 11 is 18.5. The average Bonchev–Trinajstić information content (AvgIpc) is 3.11. The molecule has 1 heterocycles. The highest BCUT2D eigenvalue weighted by Gasteiger charge is 2.25. The highest BCUT2D eigenvalue weighted by atomic mass is 35.5. The Morgan fingerprint density at radius 1 is 1.09 bits per heavy atom. The van der Waals surface area contributed by atoms with Crippen LogP contribution in [0.25, 0.3) is 5.69 Å². The molecule has 1 aromatic heterocycles. The number of amides is 2. The summed E-state index contributed by atoms with van der Waals surface area (Å²) in [6.45, 7) is 4.82. The number of para-hydroxylation sites is 1. The standard InChI is InChI=1S/C22H18Cl3N5O2/c1-12-8-13(23)9-14(20(31)28-22(2,3)11-26)19(12)27-21(32)17-10-18(25)29-30(17)16-7-5-4-6-15(16)24/h4-10H,1-3H3,(H,27,32)(H,28,31). The molecule has 0 radical (unpaired) electrons. The number of rotatable bonds is 5. The average molecular weight is 491 g/mol. The van der Waals surface area contributed by atoms with Gasteiger partial charge in [0.1, 0.15) is 11.2 Å². The normalized spacial score (nSPS) is 11.0. The molecule has 2 amide bonds. The van der Waals surface area contributed by atoms with E-state index in [1.807, 2.05) is 6.07 Å². The molecule has 10 heteroatoms. The summed E-state index contributed by atoms with van der Waals surface area (Å²) in [5.74, 6) is -1.13. The number of carbonyl (C=O) groups excluding carboxylic acids is 2. The third-order valence-corrected chi connectivity index (χ3v) is 5.20. The van der Waals surface area contributed by atoms with Crippen LogP contribution in [0.3, 0.4) is 0 Å². The Morgan fingerprint density at radius 3 is 2.44 bits per heavy atom. The molecule has 0 bridgehead atoms. The summed E-state index contributed by atoms with van der Waals surface area (Å²) in [4.78, 5) is 26.1. The minimum Gasteiger partial charge on any atom is -0.334 e. The van der Waals surface area contributed by atoms with Crippen LogP contribution in [0.4, 0.5) is 5.69 Å². The molecule has 2 N–H and O–H groups in total. The molecule has 0 unspecified atom stereocenters. The molecule has 164 valence electrons. The first-order valence-electron chi connectivity index (χ1n) is 9.38. The van der Waals surface area contributed by atoms with Crippen molar-refractivity contribution in [1.82, 2.24) is 15.1 Å². The number of anilines is 1. The lowest BCUT2D eigenvalue weighted by Crippen LogP contribution is -2.42. The quantitative estimate of drug-likeness (QED) is 0.498. The van der Waals surface area contributed by atoms with Gasteiger partial charge in [-0.15, -0.1) is 0 Å². The highest BCUT2D eigenvalue weighted by Crippen LogP contribution is 2.28. The number of benzene rings is 2. The van der Waals surface area contributed by atoms with Crippen LogP contribution in [-0.2, 0) is 0 Å². The van der Waals surface area contributed by atoms with E-state index in [1.54, 1.807) is 51.1 Å². The molecule has 7 nitrogen and oxygen atoms in total. The number of hydrogen-bond donors (Lipinski definition) is 2. The van der Waals surface area contributed by atoms with Crippen LogP contribution in [0, 0.1) is 18.3 Å². The van der Waals surface area contributed by atoms with Gasteiger partial charge in [-0.2, -0.15) is 10.4 Å². The van der Waals surface area contributed by atoms with Crippen LogP contribution < -0.4 is 10.6 Å². The van der Waals surface area contributed by atoms with E-state index in [0.29, 0.717) is 21.3 Å². The summed E-state index contributed by atoms with van der Waals surface area (Å²) in [5.41, 5.74) is 0.370. The zero-order chi connectivity index (χ0) is 23.6. The van der Waals surface area contributed by atoms with Gasteiger partial charge in [-0.25, -0.2) is 4.68 Å². The van der Waals surface area contributed by atoms with Gasteiger partial charge in [0, 0.05) is 11.1 Å². The summed E-state index contributed by atoms with van der Waals surface area (Å²) < 4.78 is 1.32. The molecule has 0 aliphatic heterocycles. The fraction of sp³-hybridized carbons (Fsp3) is 0.182. The minimum atomic E-state index is -1.12. The number of aryl methyl sites for hydroxylation is 1.